The summed E-state index contributed by atoms with van der Waals surface area (Å²) in [6.07, 6.45) is 1.65. The number of urea groups is 1. The van der Waals surface area contributed by atoms with E-state index >= 15 is 0 Å². The predicted octanol–water partition coefficient (Wildman–Crippen LogP) is 5.18. The molecule has 0 saturated heterocycles. The number of aryl methyl sites for hydroxylation is 2. The first kappa shape index (κ1) is 23.2. The number of benzene rings is 2. The number of hydrogen-bond acceptors (Lipinski definition) is 6. The first-order valence-electron chi connectivity index (χ1n) is 10.8. The van der Waals surface area contributed by atoms with Crippen LogP contribution in [0.2, 0.25) is 0 Å². The molecule has 4 rings (SSSR count). The Bertz CT molecular complexity index is 1360. The number of nitrogen functional groups attached to an aromatic ring is 1. The quantitative estimate of drug-likeness (QED) is 0.305. The van der Waals surface area contributed by atoms with Gasteiger partial charge < -0.3 is 22.1 Å². The van der Waals surface area contributed by atoms with Crippen molar-refractivity contribution >= 4 is 50.7 Å². The topological polar surface area (TPSA) is 136 Å². The largest absolute Gasteiger partial charge is 0.383 e. The molecular formula is C25H26N6O2S. The van der Waals surface area contributed by atoms with Gasteiger partial charge in [0, 0.05) is 28.2 Å². The lowest BCUT2D eigenvalue weighted by Gasteiger charge is -2.13. The molecule has 2 aromatic carbocycles. The fourth-order valence-corrected chi connectivity index (χ4v) is 5.28. The van der Waals surface area contributed by atoms with Crippen molar-refractivity contribution < 1.29 is 9.59 Å². The summed E-state index contributed by atoms with van der Waals surface area (Å²) in [5.41, 5.74) is 17.0. The molecule has 2 heterocycles. The normalized spacial score (nSPS) is 11.9. The fourth-order valence-electron chi connectivity index (χ4n) is 4.06. The van der Waals surface area contributed by atoms with Gasteiger partial charge in [-0.1, -0.05) is 25.1 Å². The lowest BCUT2D eigenvalue weighted by Crippen LogP contribution is -2.19. The van der Waals surface area contributed by atoms with Crippen LogP contribution in [-0.4, -0.2) is 21.9 Å². The number of nitrogens with one attached hydrogen (secondary N) is 2. The van der Waals surface area contributed by atoms with Crippen molar-refractivity contribution in [3.8, 4) is 11.1 Å². The maximum Gasteiger partial charge on any atom is 0.323 e. The van der Waals surface area contributed by atoms with Gasteiger partial charge in [-0.25, -0.2) is 14.8 Å². The van der Waals surface area contributed by atoms with Crippen LogP contribution in [0, 0.1) is 13.8 Å². The number of fused-ring (bicyclic) bond motifs is 1. The number of carbonyl (C=O) groups excluding carboxylic acids is 2. The van der Waals surface area contributed by atoms with E-state index in [9.17, 15) is 9.59 Å². The molecule has 3 amide bonds. The molecule has 1 unspecified atom stereocenters. The van der Waals surface area contributed by atoms with Crippen molar-refractivity contribution in [3.63, 3.8) is 0 Å². The van der Waals surface area contributed by atoms with Gasteiger partial charge in [-0.3, -0.25) is 4.79 Å². The molecular weight excluding hydrogens is 448 g/mol. The number of primary amides is 1. The molecule has 0 aliphatic carbocycles. The van der Waals surface area contributed by atoms with Gasteiger partial charge in [-0.15, -0.1) is 11.3 Å². The van der Waals surface area contributed by atoms with E-state index in [2.05, 4.69) is 20.6 Å². The van der Waals surface area contributed by atoms with Gasteiger partial charge in [0.1, 0.15) is 17.0 Å². The molecule has 4 aromatic rings. The van der Waals surface area contributed by atoms with Crippen LogP contribution in [0.4, 0.5) is 22.0 Å². The molecule has 1 atom stereocenters. The Morgan fingerprint density at radius 2 is 1.65 bits per heavy atom. The van der Waals surface area contributed by atoms with Crippen LogP contribution in [-0.2, 0) is 4.79 Å². The molecule has 0 aliphatic heterocycles. The second-order valence-electron chi connectivity index (χ2n) is 8.38. The zero-order valence-electron chi connectivity index (χ0n) is 19.2. The van der Waals surface area contributed by atoms with Crippen molar-refractivity contribution in [3.05, 3.63) is 64.8 Å². The maximum atomic E-state index is 12.5. The average molecular weight is 475 g/mol. The third-order valence-electron chi connectivity index (χ3n) is 5.41. The van der Waals surface area contributed by atoms with Crippen molar-refractivity contribution in [1.82, 2.24) is 9.97 Å². The van der Waals surface area contributed by atoms with E-state index in [4.69, 9.17) is 11.5 Å². The van der Waals surface area contributed by atoms with Gasteiger partial charge >= 0.3 is 6.03 Å². The minimum atomic E-state index is -0.371. The third-order valence-corrected chi connectivity index (χ3v) is 6.74. The fraction of sp³-hybridized carbons (Fsp3) is 0.200. The number of carbonyl (C=O) groups is 2. The summed E-state index contributed by atoms with van der Waals surface area (Å²) in [5, 5.41) is 6.48. The van der Waals surface area contributed by atoms with Crippen LogP contribution in [0.25, 0.3) is 21.3 Å². The Hall–Kier alpha value is -3.98. The Kier molecular flexibility index (Phi) is 6.47. The molecule has 0 spiro atoms. The second kappa shape index (κ2) is 9.48. The Balaban J connectivity index is 1.61. The third kappa shape index (κ3) is 4.99. The van der Waals surface area contributed by atoms with E-state index in [1.165, 1.54) is 17.7 Å². The zero-order valence-corrected chi connectivity index (χ0v) is 20.0. The predicted molar refractivity (Wildman–Crippen MR) is 138 cm³/mol. The van der Waals surface area contributed by atoms with E-state index in [1.807, 2.05) is 63.2 Å². The Morgan fingerprint density at radius 3 is 2.29 bits per heavy atom. The molecule has 34 heavy (non-hydrogen) atoms. The van der Waals surface area contributed by atoms with Crippen LogP contribution < -0.4 is 22.1 Å². The van der Waals surface area contributed by atoms with E-state index in [0.29, 0.717) is 11.5 Å². The number of nitrogens with zero attached hydrogens (tertiary/aromatic N) is 2. The molecule has 174 valence electrons. The van der Waals surface area contributed by atoms with E-state index in [1.54, 1.807) is 0 Å². The number of anilines is 3. The SMILES string of the molecule is Cc1cc(C)cc(NC(=O)Nc2ccc(-c3c(C(C)CC(N)=O)sc4ncnc(N)c34)cc2)c1. The Labute approximate surface area is 201 Å². The lowest BCUT2D eigenvalue weighted by molar-refractivity contribution is -0.118. The summed E-state index contributed by atoms with van der Waals surface area (Å²) in [5.74, 6) is -0.0967. The molecule has 0 fully saturated rings. The minimum absolute atomic E-state index is 0.104. The number of rotatable bonds is 6. The second-order valence-corrected chi connectivity index (χ2v) is 9.42. The summed E-state index contributed by atoms with van der Waals surface area (Å²) in [4.78, 5) is 34.3. The number of aromatic nitrogens is 2. The number of amides is 3. The summed E-state index contributed by atoms with van der Waals surface area (Å²) in [7, 11) is 0. The highest BCUT2D eigenvalue weighted by molar-refractivity contribution is 7.19. The Morgan fingerprint density at radius 1 is 1.00 bits per heavy atom. The monoisotopic (exact) mass is 474 g/mol. The highest BCUT2D eigenvalue weighted by Gasteiger charge is 2.22. The van der Waals surface area contributed by atoms with Crippen LogP contribution in [0.15, 0.2) is 48.8 Å². The summed E-state index contributed by atoms with van der Waals surface area (Å²) in [6.45, 7) is 5.93. The smallest absolute Gasteiger partial charge is 0.323 e. The first-order chi connectivity index (χ1) is 16.2. The maximum absolute atomic E-state index is 12.5. The van der Waals surface area contributed by atoms with Crippen molar-refractivity contribution in [2.24, 2.45) is 5.73 Å². The average Bonchev–Trinajstić information content (AvgIpc) is 3.14. The molecule has 0 radical (unpaired) electrons. The van der Waals surface area contributed by atoms with Crippen LogP contribution >= 0.6 is 11.3 Å². The molecule has 8 nitrogen and oxygen atoms in total. The molecule has 6 N–H and O–H groups in total. The van der Waals surface area contributed by atoms with Crippen LogP contribution in [0.1, 0.15) is 35.3 Å². The summed E-state index contributed by atoms with van der Waals surface area (Å²) in [6, 6.07) is 13.0. The van der Waals surface area contributed by atoms with E-state index in [-0.39, 0.29) is 24.3 Å². The van der Waals surface area contributed by atoms with E-state index in [0.717, 1.165) is 43.0 Å². The van der Waals surface area contributed by atoms with E-state index < -0.39 is 0 Å². The number of thiophene rings is 1. The number of nitrogens with two attached hydrogens (primary N) is 2. The van der Waals surface area contributed by atoms with Crippen molar-refractivity contribution in [2.75, 3.05) is 16.4 Å². The van der Waals surface area contributed by atoms with Gasteiger partial charge in [0.2, 0.25) is 5.91 Å². The summed E-state index contributed by atoms with van der Waals surface area (Å²) < 4.78 is 0. The van der Waals surface area contributed by atoms with Crippen LogP contribution in [0.5, 0.6) is 0 Å². The molecule has 0 saturated carbocycles. The molecule has 0 aliphatic rings. The molecule has 9 heteroatoms. The van der Waals surface area contributed by atoms with Gasteiger partial charge in [0.15, 0.2) is 0 Å². The highest BCUT2D eigenvalue weighted by Crippen LogP contribution is 2.44. The summed E-state index contributed by atoms with van der Waals surface area (Å²) >= 11 is 1.48. The van der Waals surface area contributed by atoms with Gasteiger partial charge in [-0.2, -0.15) is 0 Å². The van der Waals surface area contributed by atoms with Crippen molar-refractivity contribution in [2.45, 2.75) is 33.1 Å². The number of hydrogen-bond donors (Lipinski definition) is 4. The van der Waals surface area contributed by atoms with Crippen molar-refractivity contribution in [1.29, 1.82) is 0 Å². The van der Waals surface area contributed by atoms with Crippen LogP contribution in [0.3, 0.4) is 0 Å². The molecule has 2 aromatic heterocycles. The van der Waals surface area contributed by atoms with Gasteiger partial charge in [0.25, 0.3) is 0 Å². The standard InChI is InChI=1S/C25H26N6O2S/c1-13-8-14(2)10-18(9-13)31-25(33)30-17-6-4-16(5-7-17)20-21-23(27)28-12-29-24(21)34-22(20)15(3)11-19(26)32/h4-10,12,15H,11H2,1-3H3,(H2,26,32)(H2,27,28,29)(H2,30,31,33). The minimum Gasteiger partial charge on any atom is -0.383 e. The van der Waals surface area contributed by atoms with Gasteiger partial charge in [0.05, 0.1) is 5.39 Å². The first-order valence-corrected chi connectivity index (χ1v) is 11.6. The van der Waals surface area contributed by atoms with Gasteiger partial charge in [-0.05, 0) is 60.7 Å². The zero-order chi connectivity index (χ0) is 24.4. The molecule has 0 bridgehead atoms. The highest BCUT2D eigenvalue weighted by atomic mass is 32.1. The lowest BCUT2D eigenvalue weighted by atomic mass is 9.95.